The van der Waals surface area contributed by atoms with Crippen molar-refractivity contribution in [1.29, 1.82) is 0 Å². The zero-order chi connectivity index (χ0) is 18.8. The molecular formula is C17H11Cl3N2O2S2. The van der Waals surface area contributed by atoms with Crippen LogP contribution in [0.4, 0.5) is 5.69 Å². The van der Waals surface area contributed by atoms with E-state index >= 15 is 0 Å². The van der Waals surface area contributed by atoms with E-state index in [0.717, 1.165) is 10.1 Å². The number of hydrogen-bond acceptors (Lipinski definition) is 4. The fraction of sp³-hybridized carbons (Fsp3) is 0.0588. The van der Waals surface area contributed by atoms with Gasteiger partial charge >= 0.3 is 0 Å². The SMILES string of the molecule is COc1ccc2c(Cl)c(C(=O)NC(=S)Nc3ccc(Cl)c(Cl)c3)sc2c1. The van der Waals surface area contributed by atoms with E-state index in [4.69, 9.17) is 51.8 Å². The highest BCUT2D eigenvalue weighted by atomic mass is 35.5. The topological polar surface area (TPSA) is 50.4 Å². The number of ether oxygens (including phenoxy) is 1. The lowest BCUT2D eigenvalue weighted by atomic mass is 10.2. The molecule has 0 aliphatic rings. The van der Waals surface area contributed by atoms with Crippen LogP contribution < -0.4 is 15.4 Å². The lowest BCUT2D eigenvalue weighted by Crippen LogP contribution is -2.33. The molecule has 134 valence electrons. The molecule has 0 fully saturated rings. The highest BCUT2D eigenvalue weighted by Gasteiger charge is 2.18. The Kier molecular flexibility index (Phi) is 5.89. The van der Waals surface area contributed by atoms with Gasteiger partial charge in [-0.25, -0.2) is 0 Å². The van der Waals surface area contributed by atoms with E-state index in [-0.39, 0.29) is 5.11 Å². The molecule has 1 amide bonds. The molecule has 0 atom stereocenters. The van der Waals surface area contributed by atoms with Crippen molar-refractivity contribution in [2.75, 3.05) is 12.4 Å². The van der Waals surface area contributed by atoms with Crippen molar-refractivity contribution in [3.8, 4) is 5.75 Å². The van der Waals surface area contributed by atoms with Gasteiger partial charge in [-0.15, -0.1) is 11.3 Å². The highest BCUT2D eigenvalue weighted by Crippen LogP contribution is 2.37. The van der Waals surface area contributed by atoms with Crippen LogP contribution in [-0.2, 0) is 0 Å². The average molecular weight is 446 g/mol. The molecule has 0 unspecified atom stereocenters. The molecule has 0 aliphatic carbocycles. The van der Waals surface area contributed by atoms with Gasteiger partial charge < -0.3 is 10.1 Å². The van der Waals surface area contributed by atoms with Crippen molar-refractivity contribution in [3.05, 3.63) is 56.3 Å². The number of carbonyl (C=O) groups excluding carboxylic acids is 1. The molecule has 3 rings (SSSR count). The standard InChI is InChI=1S/C17H11Cl3N2O2S2/c1-24-9-3-4-10-13(7-9)26-15(14(10)20)16(23)22-17(25)21-8-2-5-11(18)12(19)6-8/h2-7H,1H3,(H2,21,22,23,25). The molecule has 26 heavy (non-hydrogen) atoms. The lowest BCUT2D eigenvalue weighted by Gasteiger charge is -2.09. The Morgan fingerprint density at radius 2 is 1.88 bits per heavy atom. The van der Waals surface area contributed by atoms with Crippen molar-refractivity contribution in [2.45, 2.75) is 0 Å². The number of carbonyl (C=O) groups is 1. The maximum absolute atomic E-state index is 12.5. The van der Waals surface area contributed by atoms with Gasteiger partial charge in [-0.3, -0.25) is 10.1 Å². The third-order valence-electron chi connectivity index (χ3n) is 3.45. The summed E-state index contributed by atoms with van der Waals surface area (Å²) in [6, 6.07) is 10.4. The zero-order valence-corrected chi connectivity index (χ0v) is 17.1. The number of benzene rings is 2. The van der Waals surface area contributed by atoms with Crippen LogP contribution in [0.2, 0.25) is 15.1 Å². The summed E-state index contributed by atoms with van der Waals surface area (Å²) in [4.78, 5) is 12.9. The van der Waals surface area contributed by atoms with E-state index < -0.39 is 5.91 Å². The van der Waals surface area contributed by atoms with Crippen molar-refractivity contribution >= 4 is 85.2 Å². The van der Waals surface area contributed by atoms with Gasteiger partial charge in [0.1, 0.15) is 10.6 Å². The van der Waals surface area contributed by atoms with E-state index in [9.17, 15) is 4.79 Å². The summed E-state index contributed by atoms with van der Waals surface area (Å²) in [5.41, 5.74) is 0.608. The molecule has 9 heteroatoms. The minimum absolute atomic E-state index is 0.125. The van der Waals surface area contributed by atoms with Gasteiger partial charge in [-0.05, 0) is 48.6 Å². The van der Waals surface area contributed by atoms with Crippen LogP contribution in [0.25, 0.3) is 10.1 Å². The molecule has 0 aliphatic heterocycles. The molecule has 1 aromatic heterocycles. The Balaban J connectivity index is 1.76. The molecular weight excluding hydrogens is 435 g/mol. The number of halogens is 3. The average Bonchev–Trinajstić information content (AvgIpc) is 2.94. The maximum Gasteiger partial charge on any atom is 0.269 e. The Bertz CT molecular complexity index is 1020. The Hall–Kier alpha value is -1.57. The number of rotatable bonds is 3. The quantitative estimate of drug-likeness (QED) is 0.486. The predicted molar refractivity (Wildman–Crippen MR) is 114 cm³/mol. The molecule has 0 bridgehead atoms. The van der Waals surface area contributed by atoms with Crippen molar-refractivity contribution in [3.63, 3.8) is 0 Å². The molecule has 0 saturated carbocycles. The van der Waals surface area contributed by atoms with E-state index in [2.05, 4.69) is 10.6 Å². The number of thiophene rings is 1. The van der Waals surface area contributed by atoms with E-state index in [1.807, 2.05) is 12.1 Å². The first-order valence-electron chi connectivity index (χ1n) is 7.22. The fourth-order valence-corrected chi connectivity index (χ4v) is 4.16. The lowest BCUT2D eigenvalue weighted by molar-refractivity contribution is 0.0982. The molecule has 1 heterocycles. The van der Waals surface area contributed by atoms with Gasteiger partial charge in [-0.1, -0.05) is 34.8 Å². The molecule has 0 saturated heterocycles. The summed E-state index contributed by atoms with van der Waals surface area (Å²) in [6.07, 6.45) is 0. The molecule has 0 spiro atoms. The van der Waals surface area contributed by atoms with Crippen LogP contribution in [0, 0.1) is 0 Å². The second kappa shape index (κ2) is 7.98. The van der Waals surface area contributed by atoms with E-state index in [1.54, 1.807) is 31.4 Å². The molecule has 2 N–H and O–H groups in total. The second-order valence-corrected chi connectivity index (χ2v) is 7.80. The molecule has 3 aromatic rings. The first kappa shape index (κ1) is 19.2. The number of hydrogen-bond donors (Lipinski definition) is 2. The summed E-state index contributed by atoms with van der Waals surface area (Å²) < 4.78 is 6.04. The van der Waals surface area contributed by atoms with E-state index in [1.165, 1.54) is 11.3 Å². The normalized spacial score (nSPS) is 10.6. The van der Waals surface area contributed by atoms with Gasteiger partial charge in [0, 0.05) is 15.8 Å². The molecule has 4 nitrogen and oxygen atoms in total. The van der Waals surface area contributed by atoms with Gasteiger partial charge in [-0.2, -0.15) is 0 Å². The Labute approximate surface area is 174 Å². The summed E-state index contributed by atoms with van der Waals surface area (Å²) in [6.45, 7) is 0. The van der Waals surface area contributed by atoms with Crippen LogP contribution in [0.15, 0.2) is 36.4 Å². The highest BCUT2D eigenvalue weighted by molar-refractivity contribution is 7.80. The largest absolute Gasteiger partial charge is 0.497 e. The smallest absolute Gasteiger partial charge is 0.269 e. The van der Waals surface area contributed by atoms with Gasteiger partial charge in [0.15, 0.2) is 5.11 Å². The monoisotopic (exact) mass is 444 g/mol. The minimum atomic E-state index is -0.396. The number of nitrogens with one attached hydrogen (secondary N) is 2. The summed E-state index contributed by atoms with van der Waals surface area (Å²) in [5.74, 6) is 0.298. The third kappa shape index (κ3) is 4.05. The van der Waals surface area contributed by atoms with Gasteiger partial charge in [0.2, 0.25) is 0 Å². The van der Waals surface area contributed by atoms with Crippen LogP contribution >= 0.6 is 58.4 Å². The summed E-state index contributed by atoms with van der Waals surface area (Å²) >= 11 is 24.6. The van der Waals surface area contributed by atoms with Crippen LogP contribution in [-0.4, -0.2) is 18.1 Å². The van der Waals surface area contributed by atoms with Crippen molar-refractivity contribution in [1.82, 2.24) is 5.32 Å². The van der Waals surface area contributed by atoms with Crippen molar-refractivity contribution in [2.24, 2.45) is 0 Å². The Morgan fingerprint density at radius 1 is 1.12 bits per heavy atom. The number of fused-ring (bicyclic) bond motifs is 1. The number of anilines is 1. The summed E-state index contributed by atoms with van der Waals surface area (Å²) in [5, 5.41) is 7.59. The van der Waals surface area contributed by atoms with Crippen LogP contribution in [0.3, 0.4) is 0 Å². The number of methoxy groups -OCH3 is 1. The van der Waals surface area contributed by atoms with E-state index in [0.29, 0.717) is 31.4 Å². The van der Waals surface area contributed by atoms with Crippen LogP contribution in [0.5, 0.6) is 5.75 Å². The van der Waals surface area contributed by atoms with Gasteiger partial charge in [0.25, 0.3) is 5.91 Å². The van der Waals surface area contributed by atoms with Crippen LogP contribution in [0.1, 0.15) is 9.67 Å². The molecule has 0 radical (unpaired) electrons. The second-order valence-electron chi connectivity index (χ2n) is 5.14. The van der Waals surface area contributed by atoms with Crippen molar-refractivity contribution < 1.29 is 9.53 Å². The first-order chi connectivity index (χ1) is 12.4. The number of thiocarbonyl (C=S) groups is 1. The maximum atomic E-state index is 12.5. The zero-order valence-electron chi connectivity index (χ0n) is 13.2. The predicted octanol–water partition coefficient (Wildman–Crippen LogP) is 6.00. The Morgan fingerprint density at radius 3 is 2.58 bits per heavy atom. The first-order valence-corrected chi connectivity index (χ1v) is 9.58. The minimum Gasteiger partial charge on any atom is -0.497 e. The number of amides is 1. The third-order valence-corrected chi connectivity index (χ3v) is 6.05. The molecule has 2 aromatic carbocycles. The fourth-order valence-electron chi connectivity index (χ4n) is 2.21. The van der Waals surface area contributed by atoms with Gasteiger partial charge in [0.05, 0.1) is 22.2 Å². The summed E-state index contributed by atoms with van der Waals surface area (Å²) in [7, 11) is 1.58.